The van der Waals surface area contributed by atoms with Crippen LogP contribution in [0.4, 0.5) is 18.9 Å². The second kappa shape index (κ2) is 9.28. The molecule has 29 heavy (non-hydrogen) atoms. The molecule has 3 N–H and O–H groups in total. The molecule has 2 aromatic rings. The lowest BCUT2D eigenvalue weighted by atomic mass is 10.1. The molecule has 0 aliphatic carbocycles. The Labute approximate surface area is 168 Å². The van der Waals surface area contributed by atoms with Crippen LogP contribution in [0.25, 0.3) is 0 Å². The first-order valence-corrected chi connectivity index (χ1v) is 9.60. The molecule has 0 aromatic heterocycles. The number of amides is 1. The fourth-order valence-corrected chi connectivity index (χ4v) is 3.56. The van der Waals surface area contributed by atoms with Crippen LogP contribution in [0, 0.1) is 0 Å². The lowest BCUT2D eigenvalue weighted by molar-refractivity contribution is -1.02. The van der Waals surface area contributed by atoms with Gasteiger partial charge >= 0.3 is 6.18 Å². The summed E-state index contributed by atoms with van der Waals surface area (Å²) in [5, 5.41) is 2.88. The minimum Gasteiger partial charge on any atom is -0.497 e. The largest absolute Gasteiger partial charge is 0.497 e. The van der Waals surface area contributed by atoms with Crippen molar-refractivity contribution in [2.45, 2.75) is 12.7 Å². The highest BCUT2D eigenvalue weighted by Crippen LogP contribution is 2.29. The molecular weight excluding hydrogens is 383 g/mol. The second-order valence-electron chi connectivity index (χ2n) is 7.33. The summed E-state index contributed by atoms with van der Waals surface area (Å²) in [5.74, 6) is 0.681. The predicted molar refractivity (Wildman–Crippen MR) is 103 cm³/mol. The van der Waals surface area contributed by atoms with Gasteiger partial charge in [-0.25, -0.2) is 0 Å². The van der Waals surface area contributed by atoms with Gasteiger partial charge in [0.2, 0.25) is 0 Å². The Morgan fingerprint density at radius 1 is 1.03 bits per heavy atom. The van der Waals surface area contributed by atoms with Crippen LogP contribution < -0.4 is 19.9 Å². The molecular formula is C21H26F3N3O2+2. The van der Waals surface area contributed by atoms with Gasteiger partial charge in [0, 0.05) is 11.3 Å². The lowest BCUT2D eigenvalue weighted by Gasteiger charge is -2.29. The van der Waals surface area contributed by atoms with E-state index in [-0.39, 0.29) is 5.91 Å². The van der Waals surface area contributed by atoms with Crippen molar-refractivity contribution >= 4 is 11.6 Å². The van der Waals surface area contributed by atoms with E-state index >= 15 is 0 Å². The molecule has 0 bridgehead atoms. The zero-order valence-electron chi connectivity index (χ0n) is 16.3. The molecule has 0 spiro atoms. The van der Waals surface area contributed by atoms with Gasteiger partial charge in [0.15, 0.2) is 6.54 Å². The summed E-state index contributed by atoms with van der Waals surface area (Å²) in [6.07, 6.45) is -4.31. The monoisotopic (exact) mass is 409 g/mol. The first kappa shape index (κ1) is 21.1. The van der Waals surface area contributed by atoms with Gasteiger partial charge in [-0.3, -0.25) is 4.79 Å². The van der Waals surface area contributed by atoms with Gasteiger partial charge in [0.05, 0.1) is 12.7 Å². The number of carbonyl (C=O) groups excluding carboxylic acids is 1. The van der Waals surface area contributed by atoms with Gasteiger partial charge in [0.1, 0.15) is 38.5 Å². The maximum absolute atomic E-state index is 12.9. The van der Waals surface area contributed by atoms with Gasteiger partial charge < -0.3 is 19.9 Å². The third-order valence-electron chi connectivity index (χ3n) is 5.16. The van der Waals surface area contributed by atoms with E-state index in [1.54, 1.807) is 37.4 Å². The van der Waals surface area contributed by atoms with Crippen molar-refractivity contribution < 1.29 is 32.5 Å². The first-order chi connectivity index (χ1) is 13.8. The van der Waals surface area contributed by atoms with Crippen LogP contribution in [0.3, 0.4) is 0 Å². The molecule has 0 unspecified atom stereocenters. The molecule has 1 fully saturated rings. The van der Waals surface area contributed by atoms with Crippen LogP contribution in [-0.2, 0) is 17.5 Å². The minimum absolute atomic E-state index is 0.0495. The summed E-state index contributed by atoms with van der Waals surface area (Å²) in [6.45, 7) is 4.20. The van der Waals surface area contributed by atoms with E-state index in [0.717, 1.165) is 43.7 Å². The molecule has 3 rings (SSSR count). The average molecular weight is 409 g/mol. The number of piperazine rings is 1. The van der Waals surface area contributed by atoms with Crippen molar-refractivity contribution in [1.82, 2.24) is 0 Å². The van der Waals surface area contributed by atoms with Crippen LogP contribution in [0.5, 0.6) is 5.75 Å². The second-order valence-corrected chi connectivity index (χ2v) is 7.33. The molecule has 1 aliphatic heterocycles. The Bertz CT molecular complexity index is 817. The Morgan fingerprint density at radius 2 is 1.69 bits per heavy atom. The molecule has 0 atom stereocenters. The molecule has 1 aliphatic rings. The smallest absolute Gasteiger partial charge is 0.416 e. The van der Waals surface area contributed by atoms with Crippen LogP contribution in [0.2, 0.25) is 0 Å². The number of quaternary nitrogens is 2. The minimum atomic E-state index is -4.31. The quantitative estimate of drug-likeness (QED) is 0.656. The van der Waals surface area contributed by atoms with Crippen molar-refractivity contribution in [3.63, 3.8) is 0 Å². The summed E-state index contributed by atoms with van der Waals surface area (Å²) in [4.78, 5) is 14.7. The molecule has 1 heterocycles. The van der Waals surface area contributed by atoms with E-state index in [9.17, 15) is 18.0 Å². The van der Waals surface area contributed by atoms with Crippen molar-refractivity contribution in [1.29, 1.82) is 0 Å². The molecule has 0 saturated carbocycles. The Morgan fingerprint density at radius 3 is 2.31 bits per heavy atom. The number of methoxy groups -OCH3 is 1. The van der Waals surface area contributed by atoms with Crippen molar-refractivity contribution in [2.24, 2.45) is 0 Å². The summed E-state index contributed by atoms with van der Waals surface area (Å²) in [6, 6.07) is 12.7. The standard InChI is InChI=1S/C21H24F3N3O2/c1-29-19-7-5-18(6-8-19)25-20(28)15-27-11-9-26(10-12-27)14-16-3-2-4-17(13-16)21(22,23)24/h2-8,13H,9-12,14-15H2,1H3,(H,25,28)/p+2. The van der Waals surface area contributed by atoms with Crippen molar-refractivity contribution in [2.75, 3.05) is 45.2 Å². The molecule has 1 saturated heterocycles. The number of anilines is 1. The van der Waals surface area contributed by atoms with Gasteiger partial charge in [-0.15, -0.1) is 0 Å². The SMILES string of the molecule is COc1ccc(NC(=O)C[NH+]2CC[NH+](Cc3cccc(C(F)(F)F)c3)CC2)cc1. The van der Waals surface area contributed by atoms with E-state index in [4.69, 9.17) is 4.74 Å². The number of rotatable bonds is 6. The lowest BCUT2D eigenvalue weighted by Crippen LogP contribution is -3.28. The van der Waals surface area contributed by atoms with Gasteiger partial charge in [-0.05, 0) is 36.4 Å². The van der Waals surface area contributed by atoms with E-state index < -0.39 is 11.7 Å². The highest BCUT2D eigenvalue weighted by molar-refractivity contribution is 5.91. The van der Waals surface area contributed by atoms with Crippen LogP contribution in [0.1, 0.15) is 11.1 Å². The maximum atomic E-state index is 12.9. The number of ether oxygens (including phenoxy) is 1. The first-order valence-electron chi connectivity index (χ1n) is 9.60. The molecule has 5 nitrogen and oxygen atoms in total. The van der Waals surface area contributed by atoms with E-state index in [2.05, 4.69) is 5.32 Å². The zero-order valence-corrected chi connectivity index (χ0v) is 16.3. The van der Waals surface area contributed by atoms with Crippen molar-refractivity contribution in [3.05, 3.63) is 59.7 Å². The summed E-state index contributed by atoms with van der Waals surface area (Å²) in [5.41, 5.74) is 0.813. The van der Waals surface area contributed by atoms with Crippen LogP contribution >= 0.6 is 0 Å². The number of nitrogens with one attached hydrogen (secondary N) is 3. The fraction of sp³-hybridized carbons (Fsp3) is 0.381. The normalized spacial score (nSPS) is 19.6. The fourth-order valence-electron chi connectivity index (χ4n) is 3.56. The number of hydrogen-bond acceptors (Lipinski definition) is 2. The number of carbonyl (C=O) groups is 1. The number of benzene rings is 2. The average Bonchev–Trinajstić information content (AvgIpc) is 2.69. The molecule has 156 valence electrons. The predicted octanol–water partition coefficient (Wildman–Crippen LogP) is 0.636. The topological polar surface area (TPSA) is 47.2 Å². The summed E-state index contributed by atoms with van der Waals surface area (Å²) in [7, 11) is 1.59. The van der Waals surface area contributed by atoms with Gasteiger partial charge in [-0.2, -0.15) is 13.2 Å². The van der Waals surface area contributed by atoms with Crippen LogP contribution in [-0.4, -0.2) is 45.7 Å². The van der Waals surface area contributed by atoms with Crippen LogP contribution in [0.15, 0.2) is 48.5 Å². The Hall–Kier alpha value is -2.58. The number of halogens is 3. The van der Waals surface area contributed by atoms with E-state index in [1.165, 1.54) is 21.9 Å². The van der Waals surface area contributed by atoms with Gasteiger partial charge in [0.25, 0.3) is 5.91 Å². The third kappa shape index (κ3) is 6.20. The highest BCUT2D eigenvalue weighted by atomic mass is 19.4. The zero-order chi connectivity index (χ0) is 20.9. The molecule has 0 radical (unpaired) electrons. The van der Waals surface area contributed by atoms with Crippen molar-refractivity contribution in [3.8, 4) is 5.75 Å². The van der Waals surface area contributed by atoms with E-state index in [1.807, 2.05) is 0 Å². The highest BCUT2D eigenvalue weighted by Gasteiger charge is 2.31. The molecule has 1 amide bonds. The molecule has 2 aromatic carbocycles. The van der Waals surface area contributed by atoms with E-state index in [0.29, 0.717) is 18.7 Å². The number of alkyl halides is 3. The third-order valence-corrected chi connectivity index (χ3v) is 5.16. The molecule has 8 heteroatoms. The Kier molecular flexibility index (Phi) is 6.76. The maximum Gasteiger partial charge on any atom is 0.416 e. The van der Waals surface area contributed by atoms with Gasteiger partial charge in [-0.1, -0.05) is 12.1 Å². The summed E-state index contributed by atoms with van der Waals surface area (Å²) >= 11 is 0. The number of hydrogen-bond donors (Lipinski definition) is 3. The summed E-state index contributed by atoms with van der Waals surface area (Å²) < 4.78 is 43.7. The Balaban J connectivity index is 1.45.